The molecule has 59 heavy (non-hydrogen) atoms. The Morgan fingerprint density at radius 2 is 1.05 bits per heavy atom. The van der Waals surface area contributed by atoms with Gasteiger partial charge in [-0.15, -0.1) is 24.8 Å². The first kappa shape index (κ1) is 45.1. The number of carbonyl (C=O) groups is 2. The van der Waals surface area contributed by atoms with Gasteiger partial charge in [0.25, 0.3) is 5.91 Å². The lowest BCUT2D eigenvalue weighted by atomic mass is 10.0. The summed E-state index contributed by atoms with van der Waals surface area (Å²) >= 11 is 0. The van der Waals surface area contributed by atoms with E-state index in [1.54, 1.807) is 121 Å². The van der Waals surface area contributed by atoms with Crippen molar-refractivity contribution in [2.24, 2.45) is 11.5 Å². The summed E-state index contributed by atoms with van der Waals surface area (Å²) in [7, 11) is -4.16. The maximum absolute atomic E-state index is 15.1. The van der Waals surface area contributed by atoms with Gasteiger partial charge in [0.2, 0.25) is 5.91 Å². The van der Waals surface area contributed by atoms with Crippen molar-refractivity contribution in [2.75, 3.05) is 5.32 Å². The molecule has 0 aromatic heterocycles. The molecule has 6 aromatic carbocycles. The van der Waals surface area contributed by atoms with Crippen LogP contribution in [0.15, 0.2) is 164 Å². The molecule has 12 nitrogen and oxygen atoms in total. The van der Waals surface area contributed by atoms with Crippen LogP contribution in [-0.4, -0.2) is 29.5 Å². The minimum Gasteiger partial charge on any atom is -0.414 e. The molecule has 0 aliphatic rings. The largest absolute Gasteiger partial charge is 0.457 e. The van der Waals surface area contributed by atoms with Gasteiger partial charge in [-0.1, -0.05) is 115 Å². The fourth-order valence-corrected chi connectivity index (χ4v) is 7.79. The van der Waals surface area contributed by atoms with E-state index in [0.29, 0.717) is 33.9 Å². The van der Waals surface area contributed by atoms with Gasteiger partial charge >= 0.3 is 7.60 Å². The van der Waals surface area contributed by atoms with Gasteiger partial charge in [0, 0.05) is 35.3 Å². The molecule has 6 aromatic rings. The highest BCUT2D eigenvalue weighted by atomic mass is 35.5. The standard InChI is InChI=1S/C44H42N7O5P.2ClH/c45-40(46)32-18-16-31(17-19-32)29-49-43(53)39(28-30-10-4-1-5-11-30)51-42(52)34-24-26-36(27-25-34)50-44(35-22-20-33(21-23-35)41(47)48)57(54,55-37-12-6-2-7-13-37)56-38-14-8-3-9-15-38;;/h1-27,39,44,50H,28-29H2,(H3,45,46)(H3,47,48)(H,49,53)(H,51,52);2*1H/t39-,44?;;/m0../s1. The Morgan fingerprint density at radius 3 is 1.54 bits per heavy atom. The van der Waals surface area contributed by atoms with Gasteiger partial charge in [0.1, 0.15) is 29.2 Å². The number of hydrogen-bond donors (Lipinski definition) is 7. The van der Waals surface area contributed by atoms with Crippen LogP contribution in [0.4, 0.5) is 5.69 Å². The highest BCUT2D eigenvalue weighted by molar-refractivity contribution is 7.55. The molecule has 304 valence electrons. The van der Waals surface area contributed by atoms with Crippen molar-refractivity contribution >= 4 is 61.6 Å². The van der Waals surface area contributed by atoms with Crippen LogP contribution in [0.5, 0.6) is 11.5 Å². The number of halogens is 2. The SMILES string of the molecule is Cl.Cl.N=C(N)c1ccc(CNC(=O)[C@H](Cc2ccccc2)NC(=O)c2ccc(NC(c3ccc(C(=N)N)cc3)P(=O)(Oc3ccccc3)Oc3ccccc3)cc2)cc1. The number of benzene rings is 6. The third kappa shape index (κ3) is 12.4. The van der Waals surface area contributed by atoms with E-state index >= 15 is 4.57 Å². The van der Waals surface area contributed by atoms with Crippen molar-refractivity contribution in [1.29, 1.82) is 10.8 Å². The maximum Gasteiger partial charge on any atom is 0.457 e. The Labute approximate surface area is 355 Å². The Balaban J connectivity index is 0.00000384. The molecule has 0 aliphatic carbocycles. The van der Waals surface area contributed by atoms with Gasteiger partial charge in [0.05, 0.1) is 0 Å². The van der Waals surface area contributed by atoms with E-state index in [0.717, 1.165) is 11.1 Å². The first-order valence-electron chi connectivity index (χ1n) is 18.0. The van der Waals surface area contributed by atoms with Gasteiger partial charge < -0.3 is 36.5 Å². The zero-order valence-electron chi connectivity index (χ0n) is 31.6. The van der Waals surface area contributed by atoms with Crippen LogP contribution in [0.1, 0.15) is 44.0 Å². The van der Waals surface area contributed by atoms with Gasteiger partial charge in [-0.2, -0.15) is 0 Å². The number of amidine groups is 2. The lowest BCUT2D eigenvalue weighted by Gasteiger charge is -2.29. The lowest BCUT2D eigenvalue weighted by molar-refractivity contribution is -0.123. The summed E-state index contributed by atoms with van der Waals surface area (Å²) in [6, 6.07) is 46.1. The van der Waals surface area contributed by atoms with E-state index < -0.39 is 25.3 Å². The first-order chi connectivity index (χ1) is 27.6. The van der Waals surface area contributed by atoms with Crippen LogP contribution in [0.25, 0.3) is 0 Å². The van der Waals surface area contributed by atoms with Crippen molar-refractivity contribution in [3.8, 4) is 11.5 Å². The fourth-order valence-electron chi connectivity index (χ4n) is 5.86. The highest BCUT2D eigenvalue weighted by Crippen LogP contribution is 2.60. The zero-order chi connectivity index (χ0) is 40.2. The molecule has 2 amide bonds. The average Bonchev–Trinajstić information content (AvgIpc) is 3.23. The summed E-state index contributed by atoms with van der Waals surface area (Å²) in [5, 5.41) is 24.6. The van der Waals surface area contributed by atoms with Crippen LogP contribution < -0.4 is 36.5 Å². The summed E-state index contributed by atoms with van der Waals surface area (Å²) < 4.78 is 27.5. The molecule has 2 atom stereocenters. The van der Waals surface area contributed by atoms with E-state index in [9.17, 15) is 9.59 Å². The topological polar surface area (TPSA) is 205 Å². The summed E-state index contributed by atoms with van der Waals surface area (Å²) in [5.41, 5.74) is 15.3. The third-order valence-electron chi connectivity index (χ3n) is 8.89. The maximum atomic E-state index is 15.1. The minimum absolute atomic E-state index is 0. The number of nitrogen functional groups attached to an aromatic ring is 2. The molecule has 9 N–H and O–H groups in total. The van der Waals surface area contributed by atoms with E-state index in [1.807, 2.05) is 42.5 Å². The molecule has 15 heteroatoms. The number of anilines is 1. The third-order valence-corrected chi connectivity index (χ3v) is 10.9. The van der Waals surface area contributed by atoms with Crippen molar-refractivity contribution in [2.45, 2.75) is 24.8 Å². The van der Waals surface area contributed by atoms with Gasteiger partial charge in [-0.05, 0) is 65.2 Å². The van der Waals surface area contributed by atoms with Crippen molar-refractivity contribution in [3.05, 3.63) is 197 Å². The summed E-state index contributed by atoms with van der Waals surface area (Å²) in [6.45, 7) is 0.211. The predicted molar refractivity (Wildman–Crippen MR) is 237 cm³/mol. The molecular formula is C44H44Cl2N7O5P. The summed E-state index contributed by atoms with van der Waals surface area (Å²) in [5.74, 6) is -1.41. The van der Waals surface area contributed by atoms with Crippen LogP contribution in [0.2, 0.25) is 0 Å². The zero-order valence-corrected chi connectivity index (χ0v) is 34.1. The van der Waals surface area contributed by atoms with Crippen molar-refractivity contribution in [3.63, 3.8) is 0 Å². The number of nitrogens with two attached hydrogens (primary N) is 2. The summed E-state index contributed by atoms with van der Waals surface area (Å²) in [6.07, 6.45) is 0.254. The molecule has 0 aliphatic heterocycles. The number of nitrogens with one attached hydrogen (secondary N) is 5. The van der Waals surface area contributed by atoms with Crippen LogP contribution >= 0.6 is 32.4 Å². The van der Waals surface area contributed by atoms with E-state index in [-0.39, 0.29) is 60.9 Å². The monoisotopic (exact) mass is 851 g/mol. The van der Waals surface area contributed by atoms with E-state index in [2.05, 4.69) is 16.0 Å². The van der Waals surface area contributed by atoms with E-state index in [1.165, 1.54) is 0 Å². The second-order valence-electron chi connectivity index (χ2n) is 13.1. The molecule has 0 bridgehead atoms. The summed E-state index contributed by atoms with van der Waals surface area (Å²) in [4.78, 5) is 27.2. The number of para-hydroxylation sites is 2. The molecule has 1 unspecified atom stereocenters. The first-order valence-corrected chi connectivity index (χ1v) is 19.6. The average molecular weight is 853 g/mol. The second kappa shape index (κ2) is 21.2. The van der Waals surface area contributed by atoms with Crippen LogP contribution in [0.3, 0.4) is 0 Å². The Bertz CT molecular complexity index is 2310. The van der Waals surface area contributed by atoms with Gasteiger partial charge in [0.15, 0.2) is 5.78 Å². The molecule has 0 saturated heterocycles. The molecule has 0 radical (unpaired) electrons. The number of carbonyl (C=O) groups excluding carboxylic acids is 2. The number of amides is 2. The van der Waals surface area contributed by atoms with E-state index in [4.69, 9.17) is 31.3 Å². The Kier molecular flexibility index (Phi) is 16.2. The number of hydrogen-bond acceptors (Lipinski definition) is 8. The lowest BCUT2D eigenvalue weighted by Crippen LogP contribution is -2.47. The predicted octanol–water partition coefficient (Wildman–Crippen LogP) is 8.22. The highest BCUT2D eigenvalue weighted by Gasteiger charge is 2.41. The van der Waals surface area contributed by atoms with Crippen molar-refractivity contribution < 1.29 is 23.2 Å². The van der Waals surface area contributed by atoms with Gasteiger partial charge in [-0.3, -0.25) is 20.4 Å². The molecule has 0 heterocycles. The molecule has 0 saturated carbocycles. The van der Waals surface area contributed by atoms with Crippen molar-refractivity contribution in [1.82, 2.24) is 10.6 Å². The van der Waals surface area contributed by atoms with Crippen LogP contribution in [0, 0.1) is 10.8 Å². The number of rotatable bonds is 17. The molecule has 6 rings (SSSR count). The Morgan fingerprint density at radius 1 is 0.593 bits per heavy atom. The van der Waals surface area contributed by atoms with Crippen LogP contribution in [-0.2, 0) is 22.3 Å². The minimum atomic E-state index is -4.16. The smallest absolute Gasteiger partial charge is 0.414 e. The quantitative estimate of drug-likeness (QED) is 0.0270. The fraction of sp³-hybridized carbons (Fsp3) is 0.0909. The Hall–Kier alpha value is -6.59. The normalized spacial score (nSPS) is 11.6. The van der Waals surface area contributed by atoms with Gasteiger partial charge in [-0.25, -0.2) is 4.57 Å². The molecule has 0 spiro atoms. The molecular weight excluding hydrogens is 808 g/mol. The second-order valence-corrected chi connectivity index (χ2v) is 15.0. The molecule has 0 fully saturated rings.